The summed E-state index contributed by atoms with van der Waals surface area (Å²) in [5.41, 5.74) is 3.15. The largest absolute Gasteiger partial charge is 0.278 e. The van der Waals surface area contributed by atoms with Gasteiger partial charge in [0.2, 0.25) is 0 Å². The van der Waals surface area contributed by atoms with Crippen LogP contribution in [0.1, 0.15) is 16.7 Å². The Balaban J connectivity index is 1.98. The molecule has 138 valence electrons. The van der Waals surface area contributed by atoms with Gasteiger partial charge in [0, 0.05) is 13.1 Å². The molecule has 4 rings (SSSR count). The minimum atomic E-state index is -0.656. The molecule has 3 aromatic carbocycles. The Hall–Kier alpha value is -3.11. The van der Waals surface area contributed by atoms with E-state index in [4.69, 9.17) is 0 Å². The first kappa shape index (κ1) is 18.3. The Kier molecular flexibility index (Phi) is 4.88. The topological polar surface area (TPSA) is 37.4 Å². The quantitative estimate of drug-likeness (QED) is 0.476. The first-order valence-corrected chi connectivity index (χ1v) is 9.84. The molecule has 0 unspecified atom stereocenters. The van der Waals surface area contributed by atoms with Crippen molar-refractivity contribution >= 4 is 23.6 Å². The van der Waals surface area contributed by atoms with Crippen LogP contribution in [0, 0.1) is 0 Å². The van der Waals surface area contributed by atoms with Crippen LogP contribution in [0.15, 0.2) is 102 Å². The van der Waals surface area contributed by atoms with Gasteiger partial charge in [-0.05, 0) is 16.7 Å². The zero-order chi connectivity index (χ0) is 19.6. The highest BCUT2D eigenvalue weighted by molar-refractivity contribution is 8.05. The van der Waals surface area contributed by atoms with E-state index in [1.807, 2.05) is 54.6 Å². The van der Waals surface area contributed by atoms with Crippen LogP contribution in [-0.2, 0) is 14.3 Å². The lowest BCUT2D eigenvalue weighted by Gasteiger charge is -2.35. The van der Waals surface area contributed by atoms with Gasteiger partial charge in [-0.25, -0.2) is 0 Å². The number of likely N-dealkylation sites (N-methyl/N-ethyl adjacent to an activating group) is 1. The molecular formula is C24H19NO2S. The molecule has 0 N–H and O–H groups in total. The fourth-order valence-corrected chi connectivity index (χ4v) is 4.95. The second-order valence-electron chi connectivity index (χ2n) is 6.59. The van der Waals surface area contributed by atoms with Crippen LogP contribution in [0.4, 0.5) is 0 Å². The predicted molar refractivity (Wildman–Crippen MR) is 113 cm³/mol. The van der Waals surface area contributed by atoms with Crippen molar-refractivity contribution in [1.29, 1.82) is 0 Å². The van der Waals surface area contributed by atoms with Crippen molar-refractivity contribution < 1.29 is 9.59 Å². The van der Waals surface area contributed by atoms with E-state index < -0.39 is 4.75 Å². The standard InChI is InChI=1S/C24H19NO2S/c1-25-22(26)17-21(23(25)27)28-24(18-11-5-2-6-12-18,19-13-7-3-8-14-19)20-15-9-4-10-16-20/h2-17H,1H3. The van der Waals surface area contributed by atoms with Gasteiger partial charge in [0.05, 0.1) is 9.65 Å². The molecule has 3 aromatic rings. The summed E-state index contributed by atoms with van der Waals surface area (Å²) in [6.07, 6.45) is 1.44. The molecule has 4 heteroatoms. The Labute approximate surface area is 168 Å². The molecule has 2 amide bonds. The fraction of sp³-hybridized carbons (Fsp3) is 0.0833. The van der Waals surface area contributed by atoms with Gasteiger partial charge >= 0.3 is 0 Å². The second-order valence-corrected chi connectivity index (χ2v) is 7.85. The van der Waals surface area contributed by atoms with Gasteiger partial charge in [0.25, 0.3) is 11.8 Å². The third-order valence-electron chi connectivity index (χ3n) is 4.90. The van der Waals surface area contributed by atoms with Crippen LogP contribution in [0.2, 0.25) is 0 Å². The summed E-state index contributed by atoms with van der Waals surface area (Å²) in [6.45, 7) is 0. The molecule has 0 bridgehead atoms. The maximum Gasteiger partial charge on any atom is 0.267 e. The zero-order valence-corrected chi connectivity index (χ0v) is 16.2. The van der Waals surface area contributed by atoms with Crippen molar-refractivity contribution in [1.82, 2.24) is 4.90 Å². The number of hydrogen-bond donors (Lipinski definition) is 0. The lowest BCUT2D eigenvalue weighted by molar-refractivity contribution is -0.135. The summed E-state index contributed by atoms with van der Waals surface area (Å²) >= 11 is 1.42. The van der Waals surface area contributed by atoms with Gasteiger partial charge in [-0.15, -0.1) is 0 Å². The van der Waals surface area contributed by atoms with Crippen molar-refractivity contribution in [2.75, 3.05) is 7.05 Å². The van der Waals surface area contributed by atoms with Crippen molar-refractivity contribution in [2.45, 2.75) is 4.75 Å². The third-order valence-corrected chi connectivity index (χ3v) is 6.43. The van der Waals surface area contributed by atoms with Crippen LogP contribution >= 0.6 is 11.8 Å². The predicted octanol–water partition coefficient (Wildman–Crippen LogP) is 4.59. The number of imide groups is 1. The monoisotopic (exact) mass is 385 g/mol. The third kappa shape index (κ3) is 3.06. The van der Waals surface area contributed by atoms with Crippen molar-refractivity contribution in [3.8, 4) is 0 Å². The average Bonchev–Trinajstić information content (AvgIpc) is 3.00. The van der Waals surface area contributed by atoms with E-state index in [0.717, 1.165) is 21.6 Å². The van der Waals surface area contributed by atoms with Crippen molar-refractivity contribution in [2.24, 2.45) is 0 Å². The molecule has 28 heavy (non-hydrogen) atoms. The normalized spacial score (nSPS) is 14.3. The number of hydrogen-bond acceptors (Lipinski definition) is 3. The molecule has 0 aromatic heterocycles. The SMILES string of the molecule is CN1C(=O)C=C(SC(c2ccccc2)(c2ccccc2)c2ccccc2)C1=O. The summed E-state index contributed by atoms with van der Waals surface area (Å²) in [4.78, 5) is 26.4. The maximum atomic E-state index is 12.7. The van der Waals surface area contributed by atoms with E-state index in [-0.39, 0.29) is 11.8 Å². The van der Waals surface area contributed by atoms with E-state index in [1.54, 1.807) is 0 Å². The number of carbonyl (C=O) groups excluding carboxylic acids is 2. The molecule has 0 saturated carbocycles. The highest BCUT2D eigenvalue weighted by atomic mass is 32.2. The minimum absolute atomic E-state index is 0.262. The highest BCUT2D eigenvalue weighted by Crippen LogP contribution is 2.52. The Morgan fingerprint density at radius 1 is 0.679 bits per heavy atom. The smallest absolute Gasteiger partial charge is 0.267 e. The Bertz CT molecular complexity index is 933. The number of thioether (sulfide) groups is 1. The molecule has 1 aliphatic rings. The van der Waals surface area contributed by atoms with Gasteiger partial charge in [-0.1, -0.05) is 103 Å². The molecule has 1 aliphatic heterocycles. The lowest BCUT2D eigenvalue weighted by Crippen LogP contribution is -2.29. The molecule has 1 heterocycles. The van der Waals surface area contributed by atoms with Crippen molar-refractivity contribution in [3.63, 3.8) is 0 Å². The number of rotatable bonds is 5. The zero-order valence-electron chi connectivity index (χ0n) is 15.4. The first-order valence-electron chi connectivity index (χ1n) is 9.02. The van der Waals surface area contributed by atoms with Crippen LogP contribution in [0.25, 0.3) is 0 Å². The second kappa shape index (κ2) is 7.49. The number of benzene rings is 3. The first-order chi connectivity index (χ1) is 13.6. The van der Waals surface area contributed by atoms with Gasteiger partial charge in [0.15, 0.2) is 0 Å². The van der Waals surface area contributed by atoms with Crippen molar-refractivity contribution in [3.05, 3.63) is 119 Å². The lowest BCUT2D eigenvalue weighted by atomic mass is 9.84. The molecule has 0 atom stereocenters. The van der Waals surface area contributed by atoms with Crippen LogP contribution in [-0.4, -0.2) is 23.8 Å². The molecule has 3 nitrogen and oxygen atoms in total. The van der Waals surface area contributed by atoms with Gasteiger partial charge < -0.3 is 0 Å². The summed E-state index contributed by atoms with van der Waals surface area (Å²) in [5.74, 6) is -0.544. The molecule has 0 aliphatic carbocycles. The van der Waals surface area contributed by atoms with Crippen LogP contribution < -0.4 is 0 Å². The fourth-order valence-electron chi connectivity index (χ4n) is 3.47. The van der Waals surface area contributed by atoms with E-state index in [0.29, 0.717) is 4.91 Å². The summed E-state index contributed by atoms with van der Waals surface area (Å²) in [5, 5.41) is 0. The van der Waals surface area contributed by atoms with Gasteiger partial charge in [0.1, 0.15) is 0 Å². The van der Waals surface area contributed by atoms with E-state index in [9.17, 15) is 9.59 Å². The van der Waals surface area contributed by atoms with Gasteiger partial charge in [-0.2, -0.15) is 0 Å². The van der Waals surface area contributed by atoms with Gasteiger partial charge in [-0.3, -0.25) is 14.5 Å². The summed E-state index contributed by atoms with van der Waals surface area (Å²) < 4.78 is -0.656. The Morgan fingerprint density at radius 2 is 1.07 bits per heavy atom. The average molecular weight is 385 g/mol. The van der Waals surface area contributed by atoms with Crippen LogP contribution in [0.5, 0.6) is 0 Å². The van der Waals surface area contributed by atoms with E-state index in [1.165, 1.54) is 24.9 Å². The van der Waals surface area contributed by atoms with Crippen LogP contribution in [0.3, 0.4) is 0 Å². The number of amides is 2. The summed E-state index contributed by atoms with van der Waals surface area (Å²) in [6, 6.07) is 30.3. The number of nitrogens with zero attached hydrogens (tertiary/aromatic N) is 1. The molecule has 0 radical (unpaired) electrons. The molecule has 0 fully saturated rings. The Morgan fingerprint density at radius 3 is 1.39 bits per heavy atom. The highest BCUT2D eigenvalue weighted by Gasteiger charge is 2.42. The maximum absolute atomic E-state index is 12.7. The molecule has 0 spiro atoms. The van der Waals surface area contributed by atoms with E-state index >= 15 is 0 Å². The minimum Gasteiger partial charge on any atom is -0.278 e. The number of carbonyl (C=O) groups is 2. The molecule has 0 saturated heterocycles. The molecular weight excluding hydrogens is 366 g/mol. The van der Waals surface area contributed by atoms with E-state index in [2.05, 4.69) is 36.4 Å². The summed E-state index contributed by atoms with van der Waals surface area (Å²) in [7, 11) is 1.52.